The molecule has 4 heteroatoms. The highest BCUT2D eigenvalue weighted by atomic mass is 35.5. The summed E-state index contributed by atoms with van der Waals surface area (Å²) in [5.41, 5.74) is 0.336. The molecule has 0 aromatic heterocycles. The lowest BCUT2D eigenvalue weighted by molar-refractivity contribution is -0.142. The van der Waals surface area contributed by atoms with Crippen LogP contribution in [0.15, 0.2) is 12.1 Å². The standard InChI is InChI=1S/C12H14Cl2O2/c1-7-5-8(13)10(9(14)6-7)16-11(15)12(2,3)4/h5-6H,1-4H3. The molecule has 0 aliphatic carbocycles. The number of hydrogen-bond acceptors (Lipinski definition) is 2. The summed E-state index contributed by atoms with van der Waals surface area (Å²) in [4.78, 5) is 11.7. The molecule has 88 valence electrons. The highest BCUT2D eigenvalue weighted by molar-refractivity contribution is 6.37. The zero-order valence-electron chi connectivity index (χ0n) is 9.73. The van der Waals surface area contributed by atoms with Crippen LogP contribution in [0.25, 0.3) is 0 Å². The molecule has 0 N–H and O–H groups in total. The average Bonchev–Trinajstić information content (AvgIpc) is 2.08. The second kappa shape index (κ2) is 4.64. The quantitative estimate of drug-likeness (QED) is 0.558. The molecule has 0 unspecified atom stereocenters. The average molecular weight is 261 g/mol. The van der Waals surface area contributed by atoms with E-state index in [1.54, 1.807) is 32.9 Å². The Morgan fingerprint density at radius 2 is 1.62 bits per heavy atom. The summed E-state index contributed by atoms with van der Waals surface area (Å²) in [5.74, 6) is -0.131. The van der Waals surface area contributed by atoms with Crippen LogP contribution in [0.3, 0.4) is 0 Å². The van der Waals surface area contributed by atoms with Gasteiger partial charge in [0.25, 0.3) is 0 Å². The Kier molecular flexibility index (Phi) is 3.87. The first kappa shape index (κ1) is 13.3. The predicted molar refractivity (Wildman–Crippen MR) is 66.3 cm³/mol. The molecule has 0 fully saturated rings. The van der Waals surface area contributed by atoms with E-state index in [9.17, 15) is 4.79 Å². The van der Waals surface area contributed by atoms with Crippen molar-refractivity contribution in [2.75, 3.05) is 0 Å². The van der Waals surface area contributed by atoms with Crippen LogP contribution >= 0.6 is 23.2 Å². The molecule has 0 bridgehead atoms. The Bertz CT molecular complexity index is 397. The normalized spacial score (nSPS) is 11.4. The SMILES string of the molecule is Cc1cc(Cl)c(OC(=O)C(C)(C)C)c(Cl)c1. The number of rotatable bonds is 1. The number of ether oxygens (including phenoxy) is 1. The fraction of sp³-hybridized carbons (Fsp3) is 0.417. The van der Waals surface area contributed by atoms with Gasteiger partial charge in [-0.2, -0.15) is 0 Å². The lowest BCUT2D eigenvalue weighted by Crippen LogP contribution is -2.25. The van der Waals surface area contributed by atoms with Crippen LogP contribution in [-0.2, 0) is 4.79 Å². The second-order valence-corrected chi connectivity index (χ2v) is 5.51. The number of aryl methyl sites for hydroxylation is 1. The molecular weight excluding hydrogens is 247 g/mol. The maximum Gasteiger partial charge on any atom is 0.316 e. The number of benzene rings is 1. The molecule has 2 nitrogen and oxygen atoms in total. The molecule has 1 aromatic rings. The molecule has 0 aliphatic heterocycles. The minimum absolute atomic E-state index is 0.230. The Morgan fingerprint density at radius 3 is 2.00 bits per heavy atom. The molecule has 0 aliphatic rings. The van der Waals surface area contributed by atoms with Crippen molar-refractivity contribution < 1.29 is 9.53 Å². The minimum atomic E-state index is -0.586. The molecule has 0 spiro atoms. The molecule has 0 saturated carbocycles. The van der Waals surface area contributed by atoms with E-state index in [0.717, 1.165) is 5.56 Å². The van der Waals surface area contributed by atoms with Crippen molar-refractivity contribution in [2.24, 2.45) is 5.41 Å². The van der Waals surface area contributed by atoms with Gasteiger partial charge in [-0.05, 0) is 45.4 Å². The van der Waals surface area contributed by atoms with Gasteiger partial charge in [-0.25, -0.2) is 0 Å². The van der Waals surface area contributed by atoms with Crippen molar-refractivity contribution in [3.05, 3.63) is 27.7 Å². The van der Waals surface area contributed by atoms with Crippen LogP contribution in [0.2, 0.25) is 10.0 Å². The largest absolute Gasteiger partial charge is 0.423 e. The van der Waals surface area contributed by atoms with Crippen LogP contribution < -0.4 is 4.74 Å². The lowest BCUT2D eigenvalue weighted by atomic mass is 9.97. The first-order chi connectivity index (χ1) is 7.21. The summed E-state index contributed by atoms with van der Waals surface area (Å²) < 4.78 is 5.19. The van der Waals surface area contributed by atoms with Crippen LogP contribution in [0.4, 0.5) is 0 Å². The molecule has 16 heavy (non-hydrogen) atoms. The van der Waals surface area contributed by atoms with Crippen molar-refractivity contribution in [2.45, 2.75) is 27.7 Å². The molecule has 1 rings (SSSR count). The molecule has 0 heterocycles. The summed E-state index contributed by atoms with van der Waals surface area (Å²) in [6.07, 6.45) is 0. The Balaban J connectivity index is 3.03. The topological polar surface area (TPSA) is 26.3 Å². The van der Waals surface area contributed by atoms with Gasteiger partial charge in [-0.3, -0.25) is 4.79 Å². The van der Waals surface area contributed by atoms with E-state index in [1.807, 2.05) is 6.92 Å². The van der Waals surface area contributed by atoms with E-state index in [1.165, 1.54) is 0 Å². The first-order valence-electron chi connectivity index (χ1n) is 4.90. The lowest BCUT2D eigenvalue weighted by Gasteiger charge is -2.17. The van der Waals surface area contributed by atoms with Gasteiger partial charge >= 0.3 is 5.97 Å². The highest BCUT2D eigenvalue weighted by Crippen LogP contribution is 2.35. The molecular formula is C12H14Cl2O2. The summed E-state index contributed by atoms with van der Waals surface area (Å²) >= 11 is 11.9. The maximum absolute atomic E-state index is 11.7. The van der Waals surface area contributed by atoms with E-state index < -0.39 is 5.41 Å². The van der Waals surface area contributed by atoms with Crippen molar-refractivity contribution in [1.29, 1.82) is 0 Å². The molecule has 0 atom stereocenters. The third-order valence-corrected chi connectivity index (χ3v) is 2.51. The zero-order chi connectivity index (χ0) is 12.5. The van der Waals surface area contributed by atoms with Gasteiger partial charge in [-0.15, -0.1) is 0 Å². The van der Waals surface area contributed by atoms with E-state index >= 15 is 0 Å². The van der Waals surface area contributed by atoms with E-state index in [2.05, 4.69) is 0 Å². The smallest absolute Gasteiger partial charge is 0.316 e. The van der Waals surface area contributed by atoms with Crippen molar-refractivity contribution in [1.82, 2.24) is 0 Å². The summed E-state index contributed by atoms with van der Waals surface area (Å²) in [7, 11) is 0. The number of carbonyl (C=O) groups excluding carboxylic acids is 1. The number of halogens is 2. The van der Waals surface area contributed by atoms with Crippen molar-refractivity contribution in [3.63, 3.8) is 0 Å². The van der Waals surface area contributed by atoms with Crippen LogP contribution in [0.5, 0.6) is 5.75 Å². The number of carbonyl (C=O) groups is 1. The first-order valence-corrected chi connectivity index (χ1v) is 5.65. The van der Waals surface area contributed by atoms with Gasteiger partial charge in [-0.1, -0.05) is 23.2 Å². The fourth-order valence-electron chi connectivity index (χ4n) is 1.03. The van der Waals surface area contributed by atoms with E-state index in [-0.39, 0.29) is 11.7 Å². The van der Waals surface area contributed by atoms with Crippen molar-refractivity contribution >= 4 is 29.2 Å². The van der Waals surface area contributed by atoms with Gasteiger partial charge in [0, 0.05) is 0 Å². The second-order valence-electron chi connectivity index (χ2n) is 4.70. The van der Waals surface area contributed by atoms with Crippen LogP contribution in [-0.4, -0.2) is 5.97 Å². The van der Waals surface area contributed by atoms with Crippen molar-refractivity contribution in [3.8, 4) is 5.75 Å². The Labute approximate surface area is 106 Å². The fourth-order valence-corrected chi connectivity index (χ4v) is 1.70. The van der Waals surface area contributed by atoms with E-state index in [0.29, 0.717) is 10.0 Å². The van der Waals surface area contributed by atoms with Crippen LogP contribution in [0.1, 0.15) is 26.3 Å². The van der Waals surface area contributed by atoms with Gasteiger partial charge in [0.15, 0.2) is 5.75 Å². The van der Waals surface area contributed by atoms with Gasteiger partial charge in [0.2, 0.25) is 0 Å². The predicted octanol–water partition coefficient (Wildman–Crippen LogP) is 4.25. The molecule has 1 aromatic carbocycles. The molecule has 0 amide bonds. The Morgan fingerprint density at radius 1 is 1.19 bits per heavy atom. The molecule has 0 saturated heterocycles. The third kappa shape index (κ3) is 3.13. The van der Waals surface area contributed by atoms with E-state index in [4.69, 9.17) is 27.9 Å². The minimum Gasteiger partial charge on any atom is -0.423 e. The van der Waals surface area contributed by atoms with Gasteiger partial charge in [0.1, 0.15) is 0 Å². The van der Waals surface area contributed by atoms with Crippen LogP contribution in [0, 0.1) is 12.3 Å². The third-order valence-electron chi connectivity index (χ3n) is 1.95. The Hall–Kier alpha value is -0.730. The number of esters is 1. The summed E-state index contributed by atoms with van der Waals surface area (Å²) in [5, 5.41) is 0.699. The summed E-state index contributed by atoms with van der Waals surface area (Å²) in [6, 6.07) is 3.41. The summed E-state index contributed by atoms with van der Waals surface area (Å²) in [6.45, 7) is 7.18. The zero-order valence-corrected chi connectivity index (χ0v) is 11.2. The monoisotopic (exact) mass is 260 g/mol. The van der Waals surface area contributed by atoms with Gasteiger partial charge < -0.3 is 4.74 Å². The number of hydrogen-bond donors (Lipinski definition) is 0. The highest BCUT2D eigenvalue weighted by Gasteiger charge is 2.25. The molecule has 0 radical (unpaired) electrons. The maximum atomic E-state index is 11.7. The van der Waals surface area contributed by atoms with Gasteiger partial charge in [0.05, 0.1) is 15.5 Å².